The van der Waals surface area contributed by atoms with Gasteiger partial charge in [-0.05, 0) is 28.8 Å². The molecule has 37 heavy (non-hydrogen) atoms. The molecule has 0 aromatic heterocycles. The van der Waals surface area contributed by atoms with Crippen LogP contribution in [0.5, 0.6) is 5.75 Å². The number of amides is 1. The van der Waals surface area contributed by atoms with Gasteiger partial charge in [0.2, 0.25) is 5.78 Å². The van der Waals surface area contributed by atoms with Crippen LogP contribution in [0.4, 0.5) is 0 Å². The van der Waals surface area contributed by atoms with Crippen LogP contribution in [-0.4, -0.2) is 61.0 Å². The minimum atomic E-state index is -2.93. The number of primary amides is 1. The van der Waals surface area contributed by atoms with Gasteiger partial charge in [0, 0.05) is 23.8 Å². The van der Waals surface area contributed by atoms with Crippen molar-refractivity contribution in [3.8, 4) is 5.75 Å². The Labute approximate surface area is 209 Å². The molecule has 1 amide bonds. The highest BCUT2D eigenvalue weighted by molar-refractivity contribution is 6.25. The number of Topliss-reactive ketones (excluding diaryl/α,β-unsaturated/α-hetero) is 2. The summed E-state index contributed by atoms with van der Waals surface area (Å²) < 4.78 is 0. The molecule has 7 N–H and O–H groups in total. The Morgan fingerprint density at radius 2 is 1.73 bits per heavy atom. The van der Waals surface area contributed by atoms with Gasteiger partial charge in [-0.1, -0.05) is 36.4 Å². The Hall–Kier alpha value is -4.54. The third-order valence-corrected chi connectivity index (χ3v) is 7.27. The lowest BCUT2D eigenvalue weighted by molar-refractivity contribution is -0.152. The summed E-state index contributed by atoms with van der Waals surface area (Å²) in [5, 5.41) is 55.0. The number of aromatic hydroxyl groups is 1. The van der Waals surface area contributed by atoms with Gasteiger partial charge in [0.1, 0.15) is 29.1 Å². The third kappa shape index (κ3) is 3.26. The van der Waals surface area contributed by atoms with Crippen molar-refractivity contribution < 1.29 is 44.7 Å². The van der Waals surface area contributed by atoms with Gasteiger partial charge in [-0.15, -0.1) is 0 Å². The minimum absolute atomic E-state index is 0.229. The number of fused-ring (bicyclic) bond motifs is 3. The summed E-state index contributed by atoms with van der Waals surface area (Å²) in [6.45, 7) is 0. The molecule has 0 unspecified atom stereocenters. The van der Waals surface area contributed by atoms with Crippen LogP contribution in [0.2, 0.25) is 0 Å². The number of carbonyl (C=O) groups excluding carboxylic acids is 4. The average Bonchev–Trinajstić information content (AvgIpc) is 2.86. The topological polar surface area (TPSA) is 195 Å². The molecular weight excluding hydrogens is 482 g/mol. The zero-order valence-electron chi connectivity index (χ0n) is 19.1. The first-order valence-electron chi connectivity index (χ1n) is 11.3. The van der Waals surface area contributed by atoms with E-state index >= 15 is 0 Å². The van der Waals surface area contributed by atoms with Crippen molar-refractivity contribution in [2.45, 2.75) is 18.1 Å². The molecule has 3 aliphatic carbocycles. The van der Waals surface area contributed by atoms with Crippen molar-refractivity contribution in [1.82, 2.24) is 0 Å². The van der Waals surface area contributed by atoms with Crippen molar-refractivity contribution in [1.29, 1.82) is 0 Å². The number of benzene rings is 2. The Morgan fingerprint density at radius 1 is 1.05 bits per heavy atom. The minimum Gasteiger partial charge on any atom is -0.511 e. The lowest BCUT2D eigenvalue weighted by atomic mass is 9.57. The summed E-state index contributed by atoms with van der Waals surface area (Å²) in [7, 11) is 0. The number of hydrogen-bond acceptors (Lipinski definition) is 9. The summed E-state index contributed by atoms with van der Waals surface area (Å²) in [4.78, 5) is 49.8. The van der Waals surface area contributed by atoms with E-state index in [1.807, 2.05) is 0 Å². The third-order valence-electron chi connectivity index (χ3n) is 7.27. The number of phenolic OH excluding ortho intramolecular Hbond substituents is 1. The van der Waals surface area contributed by atoms with Gasteiger partial charge < -0.3 is 31.3 Å². The molecule has 188 valence electrons. The number of phenols is 1. The Balaban J connectivity index is 1.82. The van der Waals surface area contributed by atoms with E-state index in [-0.39, 0.29) is 16.7 Å². The summed E-state index contributed by atoms with van der Waals surface area (Å²) in [6, 6.07) is 10.6. The average molecular weight is 503 g/mol. The fourth-order valence-corrected chi connectivity index (χ4v) is 5.59. The summed E-state index contributed by atoms with van der Waals surface area (Å²) in [5.41, 5.74) is 1.88. The number of ketones is 2. The van der Waals surface area contributed by atoms with Crippen LogP contribution in [0.1, 0.15) is 38.3 Å². The van der Waals surface area contributed by atoms with Gasteiger partial charge in [-0.2, -0.15) is 0 Å². The molecule has 0 aliphatic heterocycles. The van der Waals surface area contributed by atoms with Gasteiger partial charge in [-0.3, -0.25) is 19.2 Å². The highest BCUT2D eigenvalue weighted by Gasteiger charge is 2.63. The van der Waals surface area contributed by atoms with Crippen molar-refractivity contribution in [2.75, 3.05) is 0 Å². The highest BCUT2D eigenvalue weighted by Crippen LogP contribution is 2.55. The number of allylic oxidation sites excluding steroid dienone is 1. The van der Waals surface area contributed by atoms with Crippen LogP contribution >= 0.6 is 0 Å². The SMILES string of the molecule is NC(=O)C1=C(O)C[C@@H]2[C@@H](O)[C@H]3C(=C(O)[C@]2(O)C1=O)C(=O)c1c(O)cccc1/C3=C\c1cccc(C=O)c1. The Bertz CT molecular complexity index is 1520. The van der Waals surface area contributed by atoms with Crippen LogP contribution in [-0.2, 0) is 9.59 Å². The lowest BCUT2D eigenvalue weighted by Gasteiger charge is -2.49. The van der Waals surface area contributed by atoms with Gasteiger partial charge in [0.15, 0.2) is 11.4 Å². The number of aldehydes is 1. The van der Waals surface area contributed by atoms with Crippen molar-refractivity contribution in [2.24, 2.45) is 17.6 Å². The van der Waals surface area contributed by atoms with E-state index in [0.717, 1.165) is 0 Å². The van der Waals surface area contributed by atoms with E-state index in [1.165, 1.54) is 18.2 Å². The Morgan fingerprint density at radius 3 is 2.41 bits per heavy atom. The van der Waals surface area contributed by atoms with Gasteiger partial charge in [0.25, 0.3) is 5.91 Å². The summed E-state index contributed by atoms with van der Waals surface area (Å²) in [5.74, 6) is -8.89. The largest absolute Gasteiger partial charge is 0.511 e. The predicted molar refractivity (Wildman–Crippen MR) is 128 cm³/mol. The molecule has 2 aromatic carbocycles. The first-order valence-corrected chi connectivity index (χ1v) is 11.3. The molecule has 5 rings (SSSR count). The first-order chi connectivity index (χ1) is 17.5. The molecule has 10 heteroatoms. The number of carbonyl (C=O) groups is 4. The van der Waals surface area contributed by atoms with Crippen molar-refractivity contribution in [3.63, 3.8) is 0 Å². The van der Waals surface area contributed by atoms with Crippen LogP contribution in [0.25, 0.3) is 11.6 Å². The maximum atomic E-state index is 13.6. The number of aliphatic hydroxyl groups is 4. The normalized spacial score (nSPS) is 28.1. The maximum absolute atomic E-state index is 13.6. The summed E-state index contributed by atoms with van der Waals surface area (Å²) >= 11 is 0. The first kappa shape index (κ1) is 24.2. The summed E-state index contributed by atoms with van der Waals surface area (Å²) in [6.07, 6.45) is -0.114. The van der Waals surface area contributed by atoms with Crippen molar-refractivity contribution in [3.05, 3.63) is 87.4 Å². The lowest BCUT2D eigenvalue weighted by Crippen LogP contribution is -2.62. The van der Waals surface area contributed by atoms with Gasteiger partial charge >= 0.3 is 0 Å². The van der Waals surface area contributed by atoms with Crippen LogP contribution in [0.3, 0.4) is 0 Å². The maximum Gasteiger partial charge on any atom is 0.255 e. The molecule has 0 bridgehead atoms. The van der Waals surface area contributed by atoms with E-state index in [2.05, 4.69) is 0 Å². The number of hydrogen-bond donors (Lipinski definition) is 6. The quantitative estimate of drug-likeness (QED) is 0.265. The second-order valence-electron chi connectivity index (χ2n) is 9.24. The highest BCUT2D eigenvalue weighted by atomic mass is 16.4. The van der Waals surface area contributed by atoms with E-state index in [9.17, 15) is 44.7 Å². The second kappa shape index (κ2) is 8.26. The number of nitrogens with two attached hydrogens (primary N) is 1. The number of rotatable bonds is 3. The molecule has 10 nitrogen and oxygen atoms in total. The Kier molecular flexibility index (Phi) is 5.39. The molecule has 0 fully saturated rings. The van der Waals surface area contributed by atoms with Crippen LogP contribution in [0.15, 0.2) is 65.1 Å². The fourth-order valence-electron chi connectivity index (χ4n) is 5.59. The fraction of sp³-hybridized carbons (Fsp3) is 0.185. The van der Waals surface area contributed by atoms with Gasteiger partial charge in [-0.25, -0.2) is 0 Å². The zero-order valence-corrected chi connectivity index (χ0v) is 19.1. The molecule has 2 aromatic rings. The van der Waals surface area contributed by atoms with Crippen LogP contribution < -0.4 is 5.73 Å². The zero-order chi connectivity index (χ0) is 26.8. The molecule has 0 saturated heterocycles. The molecule has 0 radical (unpaired) electrons. The monoisotopic (exact) mass is 503 g/mol. The van der Waals surface area contributed by atoms with Crippen molar-refractivity contribution >= 4 is 35.4 Å². The number of aliphatic hydroxyl groups excluding tert-OH is 3. The molecule has 4 atom stereocenters. The van der Waals surface area contributed by atoms with E-state index < -0.39 is 75.8 Å². The standard InChI is InChI=1S/C27H21NO9/c28-26(36)20-17(31)9-15-22(32)19-14(8-11-3-1-4-12(7-11)10-29)13-5-2-6-16(30)18(13)23(33)21(19)25(35)27(15,37)24(20)34/h1-8,10,15,19,22,30-32,35,37H,9H2,(H2,28,36)/b14-8+/t15-,19-,22-,27-/m1/s1. The second-order valence-corrected chi connectivity index (χ2v) is 9.24. The van der Waals surface area contributed by atoms with E-state index in [4.69, 9.17) is 5.73 Å². The van der Waals surface area contributed by atoms with Crippen LogP contribution in [0, 0.1) is 11.8 Å². The molecule has 0 spiro atoms. The molecule has 0 saturated carbocycles. The van der Waals surface area contributed by atoms with E-state index in [1.54, 1.807) is 30.3 Å². The molecular formula is C27H21NO9. The van der Waals surface area contributed by atoms with Gasteiger partial charge in [0.05, 0.1) is 17.2 Å². The smallest absolute Gasteiger partial charge is 0.255 e. The predicted octanol–water partition coefficient (Wildman–Crippen LogP) is 1.36. The molecule has 0 heterocycles. The van der Waals surface area contributed by atoms with E-state index in [0.29, 0.717) is 17.4 Å². The molecule has 3 aliphatic rings.